The first-order chi connectivity index (χ1) is 7.97. The molecule has 0 saturated heterocycles. The number of hydrogen-bond donors (Lipinski definition) is 0. The first-order valence-electron chi connectivity index (χ1n) is 5.94. The molecule has 0 radical (unpaired) electrons. The number of carbonyl (C=O) groups excluding carboxylic acids is 1. The molecular formula is C12H24O4Si. The summed E-state index contributed by atoms with van der Waals surface area (Å²) >= 11 is 0. The van der Waals surface area contributed by atoms with Crippen LogP contribution in [0.15, 0.2) is 12.2 Å². The van der Waals surface area contributed by atoms with E-state index in [2.05, 4.69) is 6.58 Å². The van der Waals surface area contributed by atoms with Crippen molar-refractivity contribution in [3.63, 3.8) is 0 Å². The zero-order chi connectivity index (χ0) is 13.5. The molecule has 0 amide bonds. The molecule has 5 heteroatoms. The Kier molecular flexibility index (Phi) is 7.34. The van der Waals surface area contributed by atoms with Crippen molar-refractivity contribution in [2.24, 2.45) is 0 Å². The van der Waals surface area contributed by atoms with Crippen LogP contribution in [0.5, 0.6) is 0 Å². The Balaban J connectivity index is 4.92. The largest absolute Gasteiger partial charge is 0.457 e. The molecule has 0 aliphatic rings. The zero-order valence-electron chi connectivity index (χ0n) is 11.5. The SMILES string of the molecule is C=C(C)C(=O)OC(CCC)[Si](CC)(OC)OC. The first-order valence-corrected chi connectivity index (χ1v) is 8.04. The summed E-state index contributed by atoms with van der Waals surface area (Å²) in [6.45, 7) is 9.27. The maximum Gasteiger partial charge on any atom is 0.379 e. The Hall–Kier alpha value is -0.653. The maximum absolute atomic E-state index is 11.6. The molecule has 0 rings (SSSR count). The van der Waals surface area contributed by atoms with E-state index in [4.69, 9.17) is 13.6 Å². The Labute approximate surface area is 105 Å². The van der Waals surface area contributed by atoms with Crippen LogP contribution < -0.4 is 0 Å². The second-order valence-corrected chi connectivity index (χ2v) is 7.83. The lowest BCUT2D eigenvalue weighted by atomic mass is 10.3. The predicted octanol–water partition coefficient (Wildman–Crippen LogP) is 2.57. The molecule has 0 bridgehead atoms. The van der Waals surface area contributed by atoms with Gasteiger partial charge in [-0.25, -0.2) is 4.79 Å². The van der Waals surface area contributed by atoms with E-state index in [-0.39, 0.29) is 11.7 Å². The number of esters is 1. The molecule has 0 aromatic heterocycles. The third-order valence-corrected chi connectivity index (χ3v) is 6.58. The van der Waals surface area contributed by atoms with Crippen LogP contribution in [0.4, 0.5) is 0 Å². The van der Waals surface area contributed by atoms with Gasteiger partial charge in [0.15, 0.2) is 0 Å². The monoisotopic (exact) mass is 260 g/mol. The van der Waals surface area contributed by atoms with Crippen molar-refractivity contribution in [3.8, 4) is 0 Å². The smallest absolute Gasteiger partial charge is 0.379 e. The summed E-state index contributed by atoms with van der Waals surface area (Å²) in [5.74, 6) is -0.372. The van der Waals surface area contributed by atoms with Crippen LogP contribution in [0.25, 0.3) is 0 Å². The van der Waals surface area contributed by atoms with Gasteiger partial charge in [0.1, 0.15) is 5.73 Å². The van der Waals surface area contributed by atoms with Crippen LogP contribution in [0.2, 0.25) is 6.04 Å². The average molecular weight is 260 g/mol. The van der Waals surface area contributed by atoms with E-state index in [1.54, 1.807) is 21.1 Å². The van der Waals surface area contributed by atoms with Crippen molar-refractivity contribution < 1.29 is 18.4 Å². The summed E-state index contributed by atoms with van der Waals surface area (Å²) in [4.78, 5) is 11.6. The third-order valence-electron chi connectivity index (χ3n) is 2.82. The number of rotatable bonds is 8. The molecule has 1 unspecified atom stereocenters. The fraction of sp³-hybridized carbons (Fsp3) is 0.750. The van der Waals surface area contributed by atoms with Crippen LogP contribution in [-0.4, -0.2) is 34.5 Å². The lowest BCUT2D eigenvalue weighted by molar-refractivity contribution is -0.142. The van der Waals surface area contributed by atoms with Crippen LogP contribution in [0.1, 0.15) is 33.6 Å². The van der Waals surface area contributed by atoms with Gasteiger partial charge in [-0.3, -0.25) is 0 Å². The van der Waals surface area contributed by atoms with Crippen molar-refractivity contribution in [2.45, 2.75) is 45.4 Å². The van der Waals surface area contributed by atoms with E-state index >= 15 is 0 Å². The maximum atomic E-state index is 11.6. The summed E-state index contributed by atoms with van der Waals surface area (Å²) in [5.41, 5.74) is 0.119. The van der Waals surface area contributed by atoms with Crippen LogP contribution in [-0.2, 0) is 18.4 Å². The fourth-order valence-corrected chi connectivity index (χ4v) is 4.46. The van der Waals surface area contributed by atoms with Crippen molar-refractivity contribution in [2.75, 3.05) is 14.2 Å². The van der Waals surface area contributed by atoms with Crippen molar-refractivity contribution in [3.05, 3.63) is 12.2 Å². The van der Waals surface area contributed by atoms with Crippen molar-refractivity contribution >= 4 is 14.5 Å². The van der Waals surface area contributed by atoms with Gasteiger partial charge in [0.25, 0.3) is 0 Å². The van der Waals surface area contributed by atoms with E-state index in [0.717, 1.165) is 18.9 Å². The molecule has 0 aromatic carbocycles. The summed E-state index contributed by atoms with van der Waals surface area (Å²) in [7, 11) is 0.782. The number of carbonyl (C=O) groups is 1. The molecule has 0 aliphatic heterocycles. The van der Waals surface area contributed by atoms with Gasteiger partial charge in [0, 0.05) is 19.8 Å². The number of hydrogen-bond acceptors (Lipinski definition) is 4. The first kappa shape index (κ1) is 16.3. The fourth-order valence-electron chi connectivity index (χ4n) is 1.72. The second-order valence-electron chi connectivity index (χ2n) is 4.04. The average Bonchev–Trinajstić information content (AvgIpc) is 2.32. The Morgan fingerprint density at radius 2 is 1.82 bits per heavy atom. The molecule has 0 fully saturated rings. The molecule has 0 aliphatic carbocycles. The molecule has 1 atom stereocenters. The summed E-state index contributed by atoms with van der Waals surface area (Å²) in [5, 5.41) is 0. The standard InChI is InChI=1S/C12H24O4Si/c1-7-9-11(16-12(13)10(3)4)17(8-2,14-5)15-6/h11H,3,7-9H2,1-2,4-6H3. The Morgan fingerprint density at radius 1 is 1.29 bits per heavy atom. The molecule has 0 heterocycles. The van der Waals surface area contributed by atoms with Gasteiger partial charge in [0.2, 0.25) is 0 Å². The molecule has 17 heavy (non-hydrogen) atoms. The van der Waals surface area contributed by atoms with E-state index in [9.17, 15) is 4.79 Å². The molecule has 4 nitrogen and oxygen atoms in total. The van der Waals surface area contributed by atoms with Gasteiger partial charge < -0.3 is 13.6 Å². The lowest BCUT2D eigenvalue weighted by Crippen LogP contribution is -2.53. The van der Waals surface area contributed by atoms with Crippen molar-refractivity contribution in [1.29, 1.82) is 0 Å². The topological polar surface area (TPSA) is 44.8 Å². The van der Waals surface area contributed by atoms with Gasteiger partial charge in [0.05, 0.1) is 0 Å². The Morgan fingerprint density at radius 3 is 2.12 bits per heavy atom. The minimum Gasteiger partial charge on any atom is -0.457 e. The summed E-state index contributed by atoms with van der Waals surface area (Å²) in [6, 6.07) is 0.744. The Bertz CT molecular complexity index is 253. The van der Waals surface area contributed by atoms with Gasteiger partial charge in [-0.05, 0) is 19.4 Å². The van der Waals surface area contributed by atoms with E-state index < -0.39 is 8.56 Å². The van der Waals surface area contributed by atoms with Gasteiger partial charge in [-0.15, -0.1) is 0 Å². The van der Waals surface area contributed by atoms with Gasteiger partial charge >= 0.3 is 14.5 Å². The highest BCUT2D eigenvalue weighted by Crippen LogP contribution is 2.23. The molecule has 0 spiro atoms. The molecular weight excluding hydrogens is 236 g/mol. The highest BCUT2D eigenvalue weighted by molar-refractivity contribution is 6.68. The quantitative estimate of drug-likeness (QED) is 0.382. The highest BCUT2D eigenvalue weighted by atomic mass is 28.4. The van der Waals surface area contributed by atoms with Gasteiger partial charge in [-0.2, -0.15) is 0 Å². The summed E-state index contributed by atoms with van der Waals surface area (Å²) < 4.78 is 16.5. The van der Waals surface area contributed by atoms with E-state index in [1.165, 1.54) is 0 Å². The lowest BCUT2D eigenvalue weighted by Gasteiger charge is -2.33. The molecule has 0 aromatic rings. The molecule has 100 valence electrons. The molecule has 0 saturated carbocycles. The number of ether oxygens (including phenoxy) is 1. The second kappa shape index (κ2) is 7.63. The van der Waals surface area contributed by atoms with Crippen LogP contribution in [0, 0.1) is 0 Å². The van der Waals surface area contributed by atoms with Crippen LogP contribution in [0.3, 0.4) is 0 Å². The summed E-state index contributed by atoms with van der Waals surface area (Å²) in [6.07, 6.45) is 1.66. The normalized spacial score (nSPS) is 13.2. The zero-order valence-corrected chi connectivity index (χ0v) is 12.5. The predicted molar refractivity (Wildman–Crippen MR) is 69.9 cm³/mol. The van der Waals surface area contributed by atoms with Crippen LogP contribution >= 0.6 is 0 Å². The van der Waals surface area contributed by atoms with E-state index in [0.29, 0.717) is 5.57 Å². The van der Waals surface area contributed by atoms with Gasteiger partial charge in [-0.1, -0.05) is 26.8 Å². The minimum absolute atomic E-state index is 0.281. The van der Waals surface area contributed by atoms with E-state index in [1.807, 2.05) is 13.8 Å². The third kappa shape index (κ3) is 4.26. The molecule has 0 N–H and O–H groups in total. The van der Waals surface area contributed by atoms with Crippen molar-refractivity contribution in [1.82, 2.24) is 0 Å². The highest BCUT2D eigenvalue weighted by Gasteiger charge is 2.45. The minimum atomic E-state index is -2.46.